The zero-order valence-electron chi connectivity index (χ0n) is 14.7. The van der Waals surface area contributed by atoms with Crippen LogP contribution in [0, 0.1) is 0 Å². The molecule has 1 atom stereocenters. The highest BCUT2D eigenvalue weighted by Gasteiger charge is 2.22. The second kappa shape index (κ2) is 10.6. The van der Waals surface area contributed by atoms with Gasteiger partial charge in [-0.1, -0.05) is 57.8 Å². The Bertz CT molecular complexity index is 242. The Morgan fingerprint density at radius 1 is 0.905 bits per heavy atom. The number of likely N-dealkylation sites (N-methyl/N-ethyl adjacent to an activating group) is 1. The van der Waals surface area contributed by atoms with Gasteiger partial charge in [0.15, 0.2) is 0 Å². The predicted molar refractivity (Wildman–Crippen MR) is 91.8 cm³/mol. The minimum Gasteiger partial charge on any atom is -0.388 e. The average Bonchev–Trinajstić information content (AvgIpc) is 2.36. The van der Waals surface area contributed by atoms with Crippen molar-refractivity contribution in [3.05, 3.63) is 0 Å². The zero-order chi connectivity index (χ0) is 15.6. The fraction of sp³-hybridized carbons (Fsp3) is 1.00. The van der Waals surface area contributed by atoms with E-state index in [1.165, 1.54) is 70.6 Å². The van der Waals surface area contributed by atoms with E-state index in [0.717, 1.165) is 0 Å². The summed E-state index contributed by atoms with van der Waals surface area (Å²) in [6.45, 7) is 3.36. The molecule has 1 aliphatic rings. The molecule has 1 unspecified atom stereocenters. The maximum atomic E-state index is 10.4. The molecule has 1 aliphatic carbocycles. The molecular weight excluding hydrogens is 260 g/mol. The molecule has 3 nitrogen and oxygen atoms in total. The third kappa shape index (κ3) is 10.3. The molecule has 0 bridgehead atoms. The summed E-state index contributed by atoms with van der Waals surface area (Å²) in [4.78, 5) is 2.06. The van der Waals surface area contributed by atoms with Crippen molar-refractivity contribution in [1.82, 2.24) is 10.2 Å². The summed E-state index contributed by atoms with van der Waals surface area (Å²) in [6, 6.07) is 0.595. The standard InChI is InChI=1S/C18H38N2O/c1-18(21,16-20(2)3)15-19-17-13-11-9-7-5-4-6-8-10-12-14-17/h17,19,21H,4-16H2,1-3H3. The van der Waals surface area contributed by atoms with Gasteiger partial charge in [-0.2, -0.15) is 0 Å². The molecule has 0 aromatic rings. The van der Waals surface area contributed by atoms with E-state index in [1.54, 1.807) is 0 Å². The van der Waals surface area contributed by atoms with Gasteiger partial charge in [0.1, 0.15) is 0 Å². The third-order valence-electron chi connectivity index (χ3n) is 4.53. The maximum Gasteiger partial charge on any atom is 0.0869 e. The number of hydrogen-bond acceptors (Lipinski definition) is 3. The van der Waals surface area contributed by atoms with Crippen LogP contribution in [-0.4, -0.2) is 48.8 Å². The Balaban J connectivity index is 2.33. The van der Waals surface area contributed by atoms with Crippen LogP contribution in [-0.2, 0) is 0 Å². The van der Waals surface area contributed by atoms with Crippen LogP contribution in [0.5, 0.6) is 0 Å². The summed E-state index contributed by atoms with van der Waals surface area (Å²) in [5, 5.41) is 14.1. The van der Waals surface area contributed by atoms with Crippen molar-refractivity contribution in [3.8, 4) is 0 Å². The molecule has 0 spiro atoms. The first-order valence-electron chi connectivity index (χ1n) is 9.10. The van der Waals surface area contributed by atoms with Gasteiger partial charge in [-0.25, -0.2) is 0 Å². The molecule has 1 rings (SSSR count). The number of nitrogens with zero attached hydrogens (tertiary/aromatic N) is 1. The van der Waals surface area contributed by atoms with Crippen LogP contribution in [0.1, 0.15) is 77.6 Å². The largest absolute Gasteiger partial charge is 0.388 e. The topological polar surface area (TPSA) is 35.5 Å². The van der Waals surface area contributed by atoms with Gasteiger partial charge in [-0.15, -0.1) is 0 Å². The van der Waals surface area contributed by atoms with Crippen molar-refractivity contribution in [3.63, 3.8) is 0 Å². The van der Waals surface area contributed by atoms with E-state index in [9.17, 15) is 5.11 Å². The summed E-state index contributed by atoms with van der Waals surface area (Å²) >= 11 is 0. The summed E-state index contributed by atoms with van der Waals surface area (Å²) in [6.07, 6.45) is 15.1. The molecule has 0 aromatic heterocycles. The van der Waals surface area contributed by atoms with Crippen molar-refractivity contribution in [2.75, 3.05) is 27.2 Å². The molecule has 1 saturated carbocycles. The SMILES string of the molecule is CN(C)CC(C)(O)CNC1CCCCCCCCCCC1. The minimum absolute atomic E-state index is 0.595. The van der Waals surface area contributed by atoms with E-state index in [-0.39, 0.29) is 0 Å². The molecule has 0 amide bonds. The van der Waals surface area contributed by atoms with Crippen LogP contribution in [0.3, 0.4) is 0 Å². The quantitative estimate of drug-likeness (QED) is 0.814. The van der Waals surface area contributed by atoms with Gasteiger partial charge < -0.3 is 15.3 Å². The zero-order valence-corrected chi connectivity index (χ0v) is 14.7. The van der Waals surface area contributed by atoms with Gasteiger partial charge in [-0.3, -0.25) is 0 Å². The van der Waals surface area contributed by atoms with Gasteiger partial charge in [-0.05, 0) is 33.9 Å². The lowest BCUT2D eigenvalue weighted by atomic mass is 9.97. The van der Waals surface area contributed by atoms with Gasteiger partial charge in [0.2, 0.25) is 0 Å². The molecule has 0 aromatic carbocycles. The lowest BCUT2D eigenvalue weighted by Gasteiger charge is -2.30. The maximum absolute atomic E-state index is 10.4. The van der Waals surface area contributed by atoms with Crippen LogP contribution in [0.4, 0.5) is 0 Å². The van der Waals surface area contributed by atoms with Crippen molar-refractivity contribution < 1.29 is 5.11 Å². The average molecular weight is 299 g/mol. The molecule has 0 aliphatic heterocycles. The monoisotopic (exact) mass is 298 g/mol. The number of nitrogens with one attached hydrogen (secondary N) is 1. The molecule has 1 fully saturated rings. The Hall–Kier alpha value is -0.120. The molecule has 0 radical (unpaired) electrons. The first-order chi connectivity index (χ1) is 9.99. The fourth-order valence-corrected chi connectivity index (χ4v) is 3.47. The van der Waals surface area contributed by atoms with Gasteiger partial charge in [0.25, 0.3) is 0 Å². The minimum atomic E-state index is -0.632. The molecule has 0 saturated heterocycles. The number of hydrogen-bond donors (Lipinski definition) is 2. The summed E-state index contributed by atoms with van der Waals surface area (Å²) in [5.74, 6) is 0. The number of rotatable bonds is 5. The van der Waals surface area contributed by atoms with E-state index in [1.807, 2.05) is 21.0 Å². The van der Waals surface area contributed by atoms with Crippen molar-refractivity contribution in [2.24, 2.45) is 0 Å². The van der Waals surface area contributed by atoms with E-state index < -0.39 is 5.60 Å². The molecular formula is C18H38N2O. The first-order valence-corrected chi connectivity index (χ1v) is 9.10. The van der Waals surface area contributed by atoms with Crippen LogP contribution in [0.15, 0.2) is 0 Å². The van der Waals surface area contributed by atoms with Crippen LogP contribution in [0.25, 0.3) is 0 Å². The van der Waals surface area contributed by atoms with Gasteiger partial charge in [0, 0.05) is 19.1 Å². The normalized spacial score (nSPS) is 23.3. The third-order valence-corrected chi connectivity index (χ3v) is 4.53. The lowest BCUT2D eigenvalue weighted by molar-refractivity contribution is 0.0306. The first kappa shape index (κ1) is 18.9. The Morgan fingerprint density at radius 3 is 1.76 bits per heavy atom. The molecule has 0 heterocycles. The Kier molecular flexibility index (Phi) is 9.54. The van der Waals surface area contributed by atoms with Crippen LogP contribution in [0.2, 0.25) is 0 Å². The smallest absolute Gasteiger partial charge is 0.0869 e. The fourth-order valence-electron chi connectivity index (χ4n) is 3.47. The second-order valence-corrected chi connectivity index (χ2v) is 7.57. The lowest BCUT2D eigenvalue weighted by Crippen LogP contribution is -2.48. The number of aliphatic hydroxyl groups is 1. The summed E-state index contributed by atoms with van der Waals surface area (Å²) < 4.78 is 0. The van der Waals surface area contributed by atoms with E-state index in [2.05, 4.69) is 10.2 Å². The van der Waals surface area contributed by atoms with Crippen molar-refractivity contribution in [2.45, 2.75) is 89.2 Å². The van der Waals surface area contributed by atoms with Gasteiger partial charge in [0.05, 0.1) is 5.60 Å². The van der Waals surface area contributed by atoms with E-state index in [0.29, 0.717) is 19.1 Å². The predicted octanol–water partition coefficient (Wildman–Crippen LogP) is 3.56. The molecule has 3 heteroatoms. The van der Waals surface area contributed by atoms with E-state index >= 15 is 0 Å². The summed E-state index contributed by atoms with van der Waals surface area (Å²) in [5.41, 5.74) is -0.632. The highest BCUT2D eigenvalue weighted by atomic mass is 16.3. The van der Waals surface area contributed by atoms with E-state index in [4.69, 9.17) is 0 Å². The van der Waals surface area contributed by atoms with Gasteiger partial charge >= 0.3 is 0 Å². The van der Waals surface area contributed by atoms with Crippen LogP contribution < -0.4 is 5.32 Å². The Morgan fingerprint density at radius 2 is 1.33 bits per heavy atom. The highest BCUT2D eigenvalue weighted by molar-refractivity contribution is 4.81. The molecule has 126 valence electrons. The Labute approximate surface area is 132 Å². The summed E-state index contributed by atoms with van der Waals surface area (Å²) in [7, 11) is 4.04. The van der Waals surface area contributed by atoms with Crippen molar-refractivity contribution in [1.29, 1.82) is 0 Å². The molecule has 21 heavy (non-hydrogen) atoms. The molecule has 2 N–H and O–H groups in total. The van der Waals surface area contributed by atoms with Crippen molar-refractivity contribution >= 4 is 0 Å². The second-order valence-electron chi connectivity index (χ2n) is 7.57. The highest BCUT2D eigenvalue weighted by Crippen LogP contribution is 2.17. The van der Waals surface area contributed by atoms with Crippen LogP contribution >= 0.6 is 0 Å².